The lowest BCUT2D eigenvalue weighted by atomic mass is 10.1. The van der Waals surface area contributed by atoms with E-state index in [1.165, 1.54) is 24.3 Å². The number of carbonyl (C=O) groups excluding carboxylic acids is 1. The van der Waals surface area contributed by atoms with Crippen LogP contribution in [-0.2, 0) is 6.54 Å². The summed E-state index contributed by atoms with van der Waals surface area (Å²) in [5, 5.41) is 9.17. The zero-order chi connectivity index (χ0) is 15.4. The SMILES string of the molecule is CN(C(=O)c1cn(CCN)cn1)c1ccccc1C(=O)O. The van der Waals surface area contributed by atoms with Crippen molar-refractivity contribution < 1.29 is 14.7 Å². The lowest BCUT2D eigenvalue weighted by Gasteiger charge is -2.18. The van der Waals surface area contributed by atoms with E-state index in [9.17, 15) is 9.59 Å². The van der Waals surface area contributed by atoms with Crippen molar-refractivity contribution in [1.82, 2.24) is 9.55 Å². The summed E-state index contributed by atoms with van der Waals surface area (Å²) in [6.45, 7) is 1.01. The van der Waals surface area contributed by atoms with E-state index in [1.807, 2.05) is 0 Å². The molecule has 1 heterocycles. The van der Waals surface area contributed by atoms with E-state index in [0.29, 0.717) is 18.8 Å². The first-order valence-corrected chi connectivity index (χ1v) is 6.36. The van der Waals surface area contributed by atoms with Gasteiger partial charge in [0.2, 0.25) is 0 Å². The molecule has 110 valence electrons. The summed E-state index contributed by atoms with van der Waals surface area (Å²) < 4.78 is 1.71. The summed E-state index contributed by atoms with van der Waals surface area (Å²) >= 11 is 0. The van der Waals surface area contributed by atoms with Gasteiger partial charge in [-0.25, -0.2) is 9.78 Å². The number of nitrogens with zero attached hydrogens (tertiary/aromatic N) is 3. The van der Waals surface area contributed by atoms with Gasteiger partial charge >= 0.3 is 5.97 Å². The maximum absolute atomic E-state index is 12.4. The van der Waals surface area contributed by atoms with Crippen molar-refractivity contribution in [2.45, 2.75) is 6.54 Å². The fourth-order valence-electron chi connectivity index (χ4n) is 1.97. The van der Waals surface area contributed by atoms with E-state index in [2.05, 4.69) is 4.98 Å². The van der Waals surface area contributed by atoms with Crippen LogP contribution in [0.4, 0.5) is 5.69 Å². The fourth-order valence-corrected chi connectivity index (χ4v) is 1.97. The predicted octanol–water partition coefficient (Wildman–Crippen LogP) is 0.817. The number of carbonyl (C=O) groups is 2. The maximum atomic E-state index is 12.4. The van der Waals surface area contributed by atoms with Crippen LogP contribution in [-0.4, -0.2) is 40.1 Å². The summed E-state index contributed by atoms with van der Waals surface area (Å²) in [5.41, 5.74) is 6.07. The third-order valence-electron chi connectivity index (χ3n) is 3.04. The number of nitrogens with two attached hydrogens (primary N) is 1. The zero-order valence-corrected chi connectivity index (χ0v) is 11.6. The summed E-state index contributed by atoms with van der Waals surface area (Å²) in [5.74, 6) is -1.46. The predicted molar refractivity (Wildman–Crippen MR) is 77.4 cm³/mol. The topological polar surface area (TPSA) is 101 Å². The van der Waals surface area contributed by atoms with Crippen LogP contribution in [0.2, 0.25) is 0 Å². The minimum absolute atomic E-state index is 0.0646. The van der Waals surface area contributed by atoms with E-state index in [0.717, 1.165) is 0 Å². The van der Waals surface area contributed by atoms with Gasteiger partial charge in [0.15, 0.2) is 0 Å². The molecule has 1 amide bonds. The van der Waals surface area contributed by atoms with Crippen molar-refractivity contribution in [2.24, 2.45) is 5.73 Å². The molecular weight excluding hydrogens is 272 g/mol. The summed E-state index contributed by atoms with van der Waals surface area (Å²) in [7, 11) is 1.52. The average Bonchev–Trinajstić information content (AvgIpc) is 2.94. The van der Waals surface area contributed by atoms with E-state index in [1.54, 1.807) is 29.0 Å². The van der Waals surface area contributed by atoms with Gasteiger partial charge in [0, 0.05) is 26.3 Å². The largest absolute Gasteiger partial charge is 0.478 e. The number of hydrogen-bond acceptors (Lipinski definition) is 4. The number of aromatic carboxylic acids is 1. The molecule has 7 heteroatoms. The lowest BCUT2D eigenvalue weighted by molar-refractivity contribution is 0.0697. The van der Waals surface area contributed by atoms with Crippen LogP contribution in [0.1, 0.15) is 20.8 Å². The number of aromatic nitrogens is 2. The van der Waals surface area contributed by atoms with Crippen molar-refractivity contribution in [1.29, 1.82) is 0 Å². The highest BCUT2D eigenvalue weighted by molar-refractivity contribution is 6.07. The Morgan fingerprint density at radius 2 is 2.10 bits per heavy atom. The standard InChI is InChI=1S/C14H16N4O3/c1-17(12-5-3-2-4-10(12)14(20)21)13(19)11-8-18(7-6-15)9-16-11/h2-5,8-9H,6-7,15H2,1H3,(H,20,21). The number of carboxylic acid groups (broad SMARTS) is 1. The molecule has 0 unspecified atom stereocenters. The molecule has 3 N–H and O–H groups in total. The fraction of sp³-hybridized carbons (Fsp3) is 0.214. The summed E-state index contributed by atoms with van der Waals surface area (Å²) in [6.07, 6.45) is 3.12. The molecule has 0 atom stereocenters. The summed E-state index contributed by atoms with van der Waals surface area (Å²) in [6, 6.07) is 6.33. The third-order valence-corrected chi connectivity index (χ3v) is 3.04. The molecule has 0 saturated carbocycles. The quantitative estimate of drug-likeness (QED) is 0.848. The van der Waals surface area contributed by atoms with Gasteiger partial charge in [-0.3, -0.25) is 4.79 Å². The van der Waals surface area contributed by atoms with Crippen molar-refractivity contribution in [3.8, 4) is 0 Å². The van der Waals surface area contributed by atoms with E-state index >= 15 is 0 Å². The second-order valence-corrected chi connectivity index (χ2v) is 4.47. The molecule has 0 saturated heterocycles. The van der Waals surface area contributed by atoms with Crippen LogP contribution < -0.4 is 10.6 Å². The highest BCUT2D eigenvalue weighted by Crippen LogP contribution is 2.20. The first-order chi connectivity index (χ1) is 10.0. The molecular formula is C14H16N4O3. The van der Waals surface area contributed by atoms with Crippen molar-refractivity contribution in [2.75, 3.05) is 18.5 Å². The highest BCUT2D eigenvalue weighted by atomic mass is 16.4. The molecule has 1 aromatic heterocycles. The summed E-state index contributed by atoms with van der Waals surface area (Å²) in [4.78, 5) is 28.9. The molecule has 0 spiro atoms. The molecule has 7 nitrogen and oxygen atoms in total. The van der Waals surface area contributed by atoms with Crippen molar-refractivity contribution >= 4 is 17.6 Å². The number of hydrogen-bond donors (Lipinski definition) is 2. The molecule has 0 radical (unpaired) electrons. The molecule has 0 bridgehead atoms. The van der Waals surface area contributed by atoms with Gasteiger partial charge in [0.25, 0.3) is 5.91 Å². The Morgan fingerprint density at radius 3 is 2.76 bits per heavy atom. The molecule has 0 fully saturated rings. The number of benzene rings is 1. The molecule has 2 rings (SSSR count). The van der Waals surface area contributed by atoms with Crippen molar-refractivity contribution in [3.63, 3.8) is 0 Å². The minimum atomic E-state index is -1.08. The van der Waals surface area contributed by atoms with Crippen LogP contribution >= 0.6 is 0 Å². The normalized spacial score (nSPS) is 10.4. The highest BCUT2D eigenvalue weighted by Gasteiger charge is 2.20. The van der Waals surface area contributed by atoms with Gasteiger partial charge in [-0.05, 0) is 12.1 Å². The van der Waals surface area contributed by atoms with Gasteiger partial charge in [-0.2, -0.15) is 0 Å². The van der Waals surface area contributed by atoms with E-state index in [-0.39, 0.29) is 17.2 Å². The molecule has 1 aromatic carbocycles. The molecule has 0 aliphatic carbocycles. The molecule has 0 aliphatic heterocycles. The van der Waals surface area contributed by atoms with Gasteiger partial charge < -0.3 is 20.3 Å². The second kappa shape index (κ2) is 6.19. The Balaban J connectivity index is 2.28. The van der Waals surface area contributed by atoms with Crippen LogP contribution in [0.15, 0.2) is 36.8 Å². The number of amides is 1. The van der Waals surface area contributed by atoms with E-state index in [4.69, 9.17) is 10.8 Å². The molecule has 2 aromatic rings. The number of imidazole rings is 1. The Hall–Kier alpha value is -2.67. The Morgan fingerprint density at radius 1 is 1.38 bits per heavy atom. The van der Waals surface area contributed by atoms with Gasteiger partial charge in [-0.1, -0.05) is 12.1 Å². The third kappa shape index (κ3) is 3.09. The Bertz CT molecular complexity index is 666. The van der Waals surface area contributed by atoms with Crippen LogP contribution in [0.25, 0.3) is 0 Å². The number of anilines is 1. The number of para-hydroxylation sites is 1. The van der Waals surface area contributed by atoms with Crippen LogP contribution in [0.5, 0.6) is 0 Å². The Labute approximate surface area is 121 Å². The van der Waals surface area contributed by atoms with Crippen LogP contribution in [0, 0.1) is 0 Å². The zero-order valence-electron chi connectivity index (χ0n) is 11.6. The first kappa shape index (κ1) is 14.7. The molecule has 21 heavy (non-hydrogen) atoms. The number of carboxylic acids is 1. The number of rotatable bonds is 5. The Kier molecular flexibility index (Phi) is 4.34. The van der Waals surface area contributed by atoms with Gasteiger partial charge in [0.1, 0.15) is 5.69 Å². The minimum Gasteiger partial charge on any atom is -0.478 e. The van der Waals surface area contributed by atoms with Gasteiger partial charge in [-0.15, -0.1) is 0 Å². The maximum Gasteiger partial charge on any atom is 0.337 e. The van der Waals surface area contributed by atoms with Crippen molar-refractivity contribution in [3.05, 3.63) is 48.0 Å². The average molecular weight is 288 g/mol. The van der Waals surface area contributed by atoms with Crippen LogP contribution in [0.3, 0.4) is 0 Å². The first-order valence-electron chi connectivity index (χ1n) is 6.36. The smallest absolute Gasteiger partial charge is 0.337 e. The van der Waals surface area contributed by atoms with E-state index < -0.39 is 5.97 Å². The lowest BCUT2D eigenvalue weighted by Crippen LogP contribution is -2.28. The monoisotopic (exact) mass is 288 g/mol. The molecule has 0 aliphatic rings. The van der Waals surface area contributed by atoms with Gasteiger partial charge in [0.05, 0.1) is 17.6 Å². The second-order valence-electron chi connectivity index (χ2n) is 4.47.